The number of amides is 1. The van der Waals surface area contributed by atoms with Gasteiger partial charge in [0.25, 0.3) is 0 Å². The van der Waals surface area contributed by atoms with Gasteiger partial charge in [-0.3, -0.25) is 9.78 Å². The van der Waals surface area contributed by atoms with Crippen LogP contribution in [0.25, 0.3) is 11.0 Å². The van der Waals surface area contributed by atoms with Gasteiger partial charge in [0.05, 0.1) is 29.5 Å². The van der Waals surface area contributed by atoms with E-state index in [0.29, 0.717) is 19.6 Å². The topological polar surface area (TPSA) is 66.9 Å². The summed E-state index contributed by atoms with van der Waals surface area (Å²) in [6, 6.07) is 7.72. The van der Waals surface area contributed by atoms with Crippen molar-refractivity contribution in [3.63, 3.8) is 0 Å². The van der Waals surface area contributed by atoms with Crippen LogP contribution < -0.4 is 10.6 Å². The van der Waals surface area contributed by atoms with Crippen LogP contribution in [0.5, 0.6) is 0 Å². The van der Waals surface area contributed by atoms with Crippen molar-refractivity contribution in [2.45, 2.75) is 13.5 Å². The normalized spacial score (nSPS) is 10.5. The molecule has 1 amide bonds. The Bertz CT molecular complexity index is 541. The third-order valence-corrected chi connectivity index (χ3v) is 2.46. The number of hydrogen-bond donors (Lipinski definition) is 2. The monoisotopic (exact) mass is 244 g/mol. The first-order valence-corrected chi connectivity index (χ1v) is 5.97. The molecule has 0 saturated carbocycles. The van der Waals surface area contributed by atoms with Crippen molar-refractivity contribution >= 4 is 16.9 Å². The predicted molar refractivity (Wildman–Crippen MR) is 69.9 cm³/mol. The summed E-state index contributed by atoms with van der Waals surface area (Å²) < 4.78 is 0. The fraction of sp³-hybridized carbons (Fsp3) is 0.308. The first-order valence-electron chi connectivity index (χ1n) is 5.97. The van der Waals surface area contributed by atoms with Crippen LogP contribution in [0.1, 0.15) is 12.6 Å². The lowest BCUT2D eigenvalue weighted by molar-refractivity contribution is -0.120. The summed E-state index contributed by atoms with van der Waals surface area (Å²) in [4.78, 5) is 20.0. The van der Waals surface area contributed by atoms with Crippen LogP contribution in [0.2, 0.25) is 0 Å². The van der Waals surface area contributed by atoms with Gasteiger partial charge in [-0.2, -0.15) is 0 Å². The average molecular weight is 244 g/mol. The van der Waals surface area contributed by atoms with Gasteiger partial charge < -0.3 is 10.6 Å². The number of nitrogens with zero attached hydrogens (tertiary/aromatic N) is 2. The lowest BCUT2D eigenvalue weighted by Gasteiger charge is -2.05. The summed E-state index contributed by atoms with van der Waals surface area (Å²) in [6.07, 6.45) is 1.73. The van der Waals surface area contributed by atoms with Crippen LogP contribution >= 0.6 is 0 Å². The second-order valence-electron chi connectivity index (χ2n) is 3.91. The molecule has 2 rings (SSSR count). The maximum absolute atomic E-state index is 11.2. The van der Waals surface area contributed by atoms with E-state index < -0.39 is 0 Å². The highest BCUT2D eigenvalue weighted by Gasteiger charge is 2.01. The Morgan fingerprint density at radius 1 is 1.28 bits per heavy atom. The molecule has 0 aliphatic rings. The maximum atomic E-state index is 11.2. The first kappa shape index (κ1) is 12.4. The minimum Gasteiger partial charge on any atom is -0.355 e. The third kappa shape index (κ3) is 3.24. The summed E-state index contributed by atoms with van der Waals surface area (Å²) in [7, 11) is 0. The number of likely N-dealkylation sites (N-methyl/N-ethyl adjacent to an activating group) is 1. The van der Waals surface area contributed by atoms with Crippen molar-refractivity contribution in [1.82, 2.24) is 20.6 Å². The molecule has 0 saturated heterocycles. The molecule has 0 bridgehead atoms. The van der Waals surface area contributed by atoms with Crippen LogP contribution in [0, 0.1) is 0 Å². The van der Waals surface area contributed by atoms with Crippen molar-refractivity contribution < 1.29 is 4.79 Å². The van der Waals surface area contributed by atoms with E-state index in [1.54, 1.807) is 6.20 Å². The number of aromatic nitrogens is 2. The minimum atomic E-state index is -0.00810. The molecule has 18 heavy (non-hydrogen) atoms. The van der Waals surface area contributed by atoms with Crippen molar-refractivity contribution in [2.75, 3.05) is 13.1 Å². The lowest BCUT2D eigenvalue weighted by atomic mass is 10.3. The molecule has 94 valence electrons. The maximum Gasteiger partial charge on any atom is 0.233 e. The zero-order chi connectivity index (χ0) is 12.8. The molecule has 0 aliphatic heterocycles. The Hall–Kier alpha value is -2.01. The second-order valence-corrected chi connectivity index (χ2v) is 3.91. The largest absolute Gasteiger partial charge is 0.355 e. The Balaban J connectivity index is 1.93. The standard InChI is InChI=1S/C13H16N4O/c1-2-15-13(18)9-14-7-10-8-16-11-5-3-4-6-12(11)17-10/h3-6,8,14H,2,7,9H2,1H3,(H,15,18). The highest BCUT2D eigenvalue weighted by molar-refractivity contribution is 5.77. The average Bonchev–Trinajstić information content (AvgIpc) is 2.39. The molecule has 0 fully saturated rings. The van der Waals surface area contributed by atoms with E-state index >= 15 is 0 Å². The summed E-state index contributed by atoms with van der Waals surface area (Å²) >= 11 is 0. The zero-order valence-electron chi connectivity index (χ0n) is 10.3. The SMILES string of the molecule is CCNC(=O)CNCc1cnc2ccccc2n1. The number of carbonyl (C=O) groups excluding carboxylic acids is 1. The van der Waals surface area contributed by atoms with Gasteiger partial charge in [0.1, 0.15) is 0 Å². The van der Waals surface area contributed by atoms with Crippen molar-refractivity contribution in [3.8, 4) is 0 Å². The third-order valence-electron chi connectivity index (χ3n) is 2.46. The van der Waals surface area contributed by atoms with Crippen LogP contribution in [0.15, 0.2) is 30.5 Å². The van der Waals surface area contributed by atoms with Gasteiger partial charge in [-0.15, -0.1) is 0 Å². The molecule has 0 atom stereocenters. The molecule has 0 radical (unpaired) electrons. The predicted octanol–water partition coefficient (Wildman–Crippen LogP) is 0.855. The summed E-state index contributed by atoms with van der Waals surface area (Å²) in [5.74, 6) is -0.00810. The van der Waals surface area contributed by atoms with Gasteiger partial charge in [0, 0.05) is 13.1 Å². The Labute approximate surface area is 106 Å². The van der Waals surface area contributed by atoms with E-state index in [4.69, 9.17) is 0 Å². The minimum absolute atomic E-state index is 0.00810. The molecule has 2 aromatic rings. The zero-order valence-corrected chi connectivity index (χ0v) is 10.3. The quantitative estimate of drug-likeness (QED) is 0.818. The van der Waals surface area contributed by atoms with Crippen molar-refractivity contribution in [3.05, 3.63) is 36.2 Å². The highest BCUT2D eigenvalue weighted by atomic mass is 16.1. The number of fused-ring (bicyclic) bond motifs is 1. The fourth-order valence-corrected chi connectivity index (χ4v) is 1.64. The van der Waals surface area contributed by atoms with Gasteiger partial charge in [-0.05, 0) is 19.1 Å². The van der Waals surface area contributed by atoms with Gasteiger partial charge in [-0.25, -0.2) is 4.98 Å². The summed E-state index contributed by atoms with van der Waals surface area (Å²) in [5.41, 5.74) is 2.58. The van der Waals surface area contributed by atoms with Crippen LogP contribution in [-0.2, 0) is 11.3 Å². The van der Waals surface area contributed by atoms with E-state index in [-0.39, 0.29) is 5.91 Å². The number of carbonyl (C=O) groups is 1. The molecule has 0 unspecified atom stereocenters. The molecule has 1 aromatic heterocycles. The molecular formula is C13H16N4O. The Morgan fingerprint density at radius 2 is 2.06 bits per heavy atom. The van der Waals surface area contributed by atoms with E-state index in [0.717, 1.165) is 16.7 Å². The molecule has 2 N–H and O–H groups in total. The van der Waals surface area contributed by atoms with Gasteiger partial charge in [0.15, 0.2) is 0 Å². The van der Waals surface area contributed by atoms with Gasteiger partial charge >= 0.3 is 0 Å². The Kier molecular flexibility index (Phi) is 4.20. The van der Waals surface area contributed by atoms with Crippen molar-refractivity contribution in [2.24, 2.45) is 0 Å². The molecule has 1 aromatic carbocycles. The molecular weight excluding hydrogens is 228 g/mol. The summed E-state index contributed by atoms with van der Waals surface area (Å²) in [5, 5.41) is 5.76. The number of nitrogens with one attached hydrogen (secondary N) is 2. The number of para-hydroxylation sites is 2. The van der Waals surface area contributed by atoms with Crippen molar-refractivity contribution in [1.29, 1.82) is 0 Å². The van der Waals surface area contributed by atoms with Gasteiger partial charge in [-0.1, -0.05) is 12.1 Å². The Morgan fingerprint density at radius 3 is 2.83 bits per heavy atom. The fourth-order valence-electron chi connectivity index (χ4n) is 1.64. The van der Waals surface area contributed by atoms with Gasteiger partial charge in [0.2, 0.25) is 5.91 Å². The number of rotatable bonds is 5. The molecule has 0 spiro atoms. The molecule has 5 nitrogen and oxygen atoms in total. The molecule has 1 heterocycles. The number of hydrogen-bond acceptors (Lipinski definition) is 4. The molecule has 0 aliphatic carbocycles. The van der Waals surface area contributed by atoms with E-state index in [2.05, 4.69) is 20.6 Å². The summed E-state index contributed by atoms with van der Waals surface area (Å²) in [6.45, 7) is 3.38. The second kappa shape index (κ2) is 6.07. The smallest absolute Gasteiger partial charge is 0.233 e. The van der Waals surface area contributed by atoms with E-state index in [1.165, 1.54) is 0 Å². The van der Waals surface area contributed by atoms with E-state index in [9.17, 15) is 4.79 Å². The number of benzene rings is 1. The van der Waals surface area contributed by atoms with Crippen LogP contribution in [0.3, 0.4) is 0 Å². The highest BCUT2D eigenvalue weighted by Crippen LogP contribution is 2.07. The van der Waals surface area contributed by atoms with Crippen LogP contribution in [0.4, 0.5) is 0 Å². The van der Waals surface area contributed by atoms with Crippen LogP contribution in [-0.4, -0.2) is 29.0 Å². The lowest BCUT2D eigenvalue weighted by Crippen LogP contribution is -2.33. The first-order chi connectivity index (χ1) is 8.79. The van der Waals surface area contributed by atoms with E-state index in [1.807, 2.05) is 31.2 Å². The molecule has 5 heteroatoms.